The second kappa shape index (κ2) is 8.86. The molecule has 0 N–H and O–H groups in total. The molecule has 3 aromatic rings. The van der Waals surface area contributed by atoms with Crippen LogP contribution in [0.3, 0.4) is 0 Å². The maximum atomic E-state index is 11.9. The normalized spacial score (nSPS) is 11.8. The van der Waals surface area contributed by atoms with Gasteiger partial charge in [0, 0.05) is 5.56 Å². The van der Waals surface area contributed by atoms with Gasteiger partial charge < -0.3 is 9.15 Å². The second-order valence-electron chi connectivity index (χ2n) is 8.13. The van der Waals surface area contributed by atoms with Crippen molar-refractivity contribution < 1.29 is 13.9 Å². The Bertz CT molecular complexity index is 939. The van der Waals surface area contributed by atoms with E-state index in [0.29, 0.717) is 11.7 Å². The third-order valence-electron chi connectivity index (χ3n) is 4.31. The number of benzene rings is 1. The number of esters is 1. The van der Waals surface area contributed by atoms with Gasteiger partial charge in [-0.05, 0) is 37.0 Å². The number of ether oxygens (including phenoxy) is 1. The quantitative estimate of drug-likeness (QED) is 0.404. The summed E-state index contributed by atoms with van der Waals surface area (Å²) in [5.74, 6) is 1.44. The molecule has 0 aliphatic rings. The highest BCUT2D eigenvalue weighted by atomic mass is 32.2. The first-order valence-electron chi connectivity index (χ1n) is 9.63. The fraction of sp³-hybridized carbons (Fsp3) is 0.409. The van der Waals surface area contributed by atoms with Crippen LogP contribution in [0.15, 0.2) is 52.2 Å². The van der Waals surface area contributed by atoms with Crippen LogP contribution in [0.5, 0.6) is 0 Å². The van der Waals surface area contributed by atoms with E-state index in [1.807, 2.05) is 30.5 Å². The van der Waals surface area contributed by atoms with Crippen molar-refractivity contribution in [2.24, 2.45) is 0 Å². The Morgan fingerprint density at radius 3 is 2.48 bits per heavy atom. The zero-order chi connectivity index (χ0) is 21.0. The topological polar surface area (TPSA) is 70.2 Å². The van der Waals surface area contributed by atoms with Crippen molar-refractivity contribution >= 4 is 17.7 Å². The highest BCUT2D eigenvalue weighted by molar-refractivity contribution is 7.99. The molecule has 7 heteroatoms. The molecule has 0 spiro atoms. The summed E-state index contributed by atoms with van der Waals surface area (Å²) in [6, 6.07) is 12.1. The molecule has 0 amide bonds. The first-order valence-corrected chi connectivity index (χ1v) is 10.6. The van der Waals surface area contributed by atoms with E-state index in [1.54, 1.807) is 6.26 Å². The highest BCUT2D eigenvalue weighted by Crippen LogP contribution is 2.28. The molecule has 3 rings (SSSR count). The Morgan fingerprint density at radius 2 is 1.90 bits per heavy atom. The van der Waals surface area contributed by atoms with E-state index < -0.39 is 0 Å². The average Bonchev–Trinajstić information content (AvgIpc) is 3.29. The molecular formula is C22H27N3O3S. The fourth-order valence-electron chi connectivity index (χ4n) is 2.85. The van der Waals surface area contributed by atoms with Gasteiger partial charge in [-0.2, -0.15) is 0 Å². The van der Waals surface area contributed by atoms with Crippen LogP contribution >= 0.6 is 11.8 Å². The van der Waals surface area contributed by atoms with Crippen molar-refractivity contribution in [1.29, 1.82) is 0 Å². The van der Waals surface area contributed by atoms with Crippen LogP contribution in [0, 0.1) is 0 Å². The molecule has 1 aromatic carbocycles. The molecule has 0 bridgehead atoms. The van der Waals surface area contributed by atoms with Crippen molar-refractivity contribution in [2.75, 3.05) is 5.75 Å². The van der Waals surface area contributed by atoms with Crippen molar-refractivity contribution in [3.05, 3.63) is 54.0 Å². The van der Waals surface area contributed by atoms with Crippen molar-refractivity contribution in [3.8, 4) is 11.4 Å². The molecular weight excluding hydrogens is 386 g/mol. The zero-order valence-corrected chi connectivity index (χ0v) is 18.3. The number of nitrogens with zero attached hydrogens (tertiary/aromatic N) is 3. The molecule has 0 saturated heterocycles. The molecule has 0 atom stereocenters. The SMILES string of the molecule is CC(C)OC(=O)CSc1nnc(-c2ccc(C(C)(C)C)cc2)n1Cc1ccco1. The molecule has 0 saturated carbocycles. The number of rotatable bonds is 7. The Hall–Kier alpha value is -2.54. The summed E-state index contributed by atoms with van der Waals surface area (Å²) < 4.78 is 12.7. The highest BCUT2D eigenvalue weighted by Gasteiger charge is 2.19. The van der Waals surface area contributed by atoms with Crippen molar-refractivity contribution in [1.82, 2.24) is 14.8 Å². The van der Waals surface area contributed by atoms with E-state index in [-0.39, 0.29) is 23.2 Å². The Kier molecular flexibility index (Phi) is 6.47. The number of carbonyl (C=O) groups is 1. The van der Waals surface area contributed by atoms with Gasteiger partial charge in [0.25, 0.3) is 0 Å². The van der Waals surface area contributed by atoms with Crippen molar-refractivity contribution in [3.63, 3.8) is 0 Å². The van der Waals surface area contributed by atoms with Crippen LogP contribution in [-0.4, -0.2) is 32.6 Å². The van der Waals surface area contributed by atoms with Gasteiger partial charge >= 0.3 is 5.97 Å². The van der Waals surface area contributed by atoms with Gasteiger partial charge in [0.05, 0.1) is 24.7 Å². The fourth-order valence-corrected chi connectivity index (χ4v) is 3.57. The molecule has 0 unspecified atom stereocenters. The van der Waals surface area contributed by atoms with E-state index in [0.717, 1.165) is 17.1 Å². The minimum atomic E-state index is -0.270. The van der Waals surface area contributed by atoms with Gasteiger partial charge in [-0.25, -0.2) is 0 Å². The first-order chi connectivity index (χ1) is 13.7. The summed E-state index contributed by atoms with van der Waals surface area (Å²) in [5, 5.41) is 9.37. The molecule has 2 aromatic heterocycles. The summed E-state index contributed by atoms with van der Waals surface area (Å²) in [6.07, 6.45) is 1.51. The minimum absolute atomic E-state index is 0.0815. The summed E-state index contributed by atoms with van der Waals surface area (Å²) in [4.78, 5) is 11.9. The lowest BCUT2D eigenvalue weighted by molar-refractivity contribution is -0.144. The number of furan rings is 1. The molecule has 0 fully saturated rings. The van der Waals surface area contributed by atoms with E-state index in [2.05, 4.69) is 55.2 Å². The molecule has 2 heterocycles. The monoisotopic (exact) mass is 413 g/mol. The third kappa shape index (κ3) is 5.50. The van der Waals surface area contributed by atoms with Crippen LogP contribution < -0.4 is 0 Å². The summed E-state index contributed by atoms with van der Waals surface area (Å²) in [5.41, 5.74) is 2.30. The molecule has 0 radical (unpaired) electrons. The molecule has 29 heavy (non-hydrogen) atoms. The number of hydrogen-bond acceptors (Lipinski definition) is 6. The van der Waals surface area contributed by atoms with E-state index in [4.69, 9.17) is 9.15 Å². The van der Waals surface area contributed by atoms with Crippen LogP contribution in [0.2, 0.25) is 0 Å². The number of thioether (sulfide) groups is 1. The standard InChI is InChI=1S/C22H27N3O3S/c1-15(2)28-19(26)14-29-21-24-23-20(25(21)13-18-7-6-12-27-18)16-8-10-17(11-9-16)22(3,4)5/h6-12,15H,13-14H2,1-5H3. The summed E-state index contributed by atoms with van der Waals surface area (Å²) in [7, 11) is 0. The van der Waals surface area contributed by atoms with Gasteiger partial charge in [-0.1, -0.05) is 56.8 Å². The Morgan fingerprint density at radius 1 is 1.17 bits per heavy atom. The molecule has 6 nitrogen and oxygen atoms in total. The van der Waals surface area contributed by atoms with Crippen LogP contribution in [-0.2, 0) is 21.5 Å². The molecule has 0 aliphatic heterocycles. The second-order valence-corrected chi connectivity index (χ2v) is 9.07. The predicted molar refractivity (Wildman–Crippen MR) is 114 cm³/mol. The Balaban J connectivity index is 1.88. The maximum absolute atomic E-state index is 11.9. The van der Waals surface area contributed by atoms with E-state index in [1.165, 1.54) is 17.3 Å². The van der Waals surface area contributed by atoms with Gasteiger partial charge in [-0.15, -0.1) is 10.2 Å². The van der Waals surface area contributed by atoms with Crippen molar-refractivity contribution in [2.45, 2.75) is 57.8 Å². The van der Waals surface area contributed by atoms with Crippen LogP contribution in [0.1, 0.15) is 45.9 Å². The molecule has 0 aliphatic carbocycles. The predicted octanol–water partition coefficient (Wildman–Crippen LogP) is 4.93. The van der Waals surface area contributed by atoms with Gasteiger partial charge in [0.15, 0.2) is 11.0 Å². The van der Waals surface area contributed by atoms with E-state index in [9.17, 15) is 4.79 Å². The van der Waals surface area contributed by atoms with Crippen LogP contribution in [0.4, 0.5) is 0 Å². The number of carbonyl (C=O) groups excluding carboxylic acids is 1. The lowest BCUT2D eigenvalue weighted by Crippen LogP contribution is -2.14. The summed E-state index contributed by atoms with van der Waals surface area (Å²) >= 11 is 1.32. The van der Waals surface area contributed by atoms with Gasteiger partial charge in [0.2, 0.25) is 0 Å². The smallest absolute Gasteiger partial charge is 0.316 e. The maximum Gasteiger partial charge on any atom is 0.316 e. The first kappa shape index (κ1) is 21.2. The van der Waals surface area contributed by atoms with Gasteiger partial charge in [0.1, 0.15) is 5.76 Å². The van der Waals surface area contributed by atoms with E-state index >= 15 is 0 Å². The number of aromatic nitrogens is 3. The van der Waals surface area contributed by atoms with Crippen LogP contribution in [0.25, 0.3) is 11.4 Å². The average molecular weight is 414 g/mol. The lowest BCUT2D eigenvalue weighted by Gasteiger charge is -2.19. The minimum Gasteiger partial charge on any atom is -0.467 e. The largest absolute Gasteiger partial charge is 0.467 e. The third-order valence-corrected chi connectivity index (χ3v) is 5.25. The lowest BCUT2D eigenvalue weighted by atomic mass is 9.87. The van der Waals surface area contributed by atoms with Gasteiger partial charge in [-0.3, -0.25) is 9.36 Å². The zero-order valence-electron chi connectivity index (χ0n) is 17.5. The summed E-state index contributed by atoms with van der Waals surface area (Å²) in [6.45, 7) is 10.7. The molecule has 154 valence electrons. The number of hydrogen-bond donors (Lipinski definition) is 0. The Labute approximate surface area is 175 Å².